The fourth-order valence-electron chi connectivity index (χ4n) is 3.04. The summed E-state index contributed by atoms with van der Waals surface area (Å²) < 4.78 is 15.9. The van der Waals surface area contributed by atoms with Crippen LogP contribution in [-0.4, -0.2) is 29.9 Å². The Morgan fingerprint density at radius 3 is 2.52 bits per heavy atom. The van der Waals surface area contributed by atoms with E-state index in [-0.39, 0.29) is 11.7 Å². The number of carbonyl (C=O) groups is 1. The van der Waals surface area contributed by atoms with Gasteiger partial charge in [0.05, 0.1) is 11.4 Å². The Hall–Kier alpha value is -3.06. The van der Waals surface area contributed by atoms with Crippen molar-refractivity contribution in [1.29, 1.82) is 0 Å². The lowest BCUT2D eigenvalue weighted by atomic mass is 10.1. The topological polar surface area (TPSA) is 50.0 Å². The molecule has 1 amide bonds. The minimum atomic E-state index is -0.345. The van der Waals surface area contributed by atoms with Crippen molar-refractivity contribution in [2.45, 2.75) is 6.92 Å². The fourth-order valence-corrected chi connectivity index (χ4v) is 3.93. The number of benzene rings is 2. The number of fused-ring (bicyclic) bond motifs is 1. The summed E-state index contributed by atoms with van der Waals surface area (Å²) in [6.45, 7) is 2.48. The van der Waals surface area contributed by atoms with Crippen LogP contribution in [0.3, 0.4) is 0 Å². The summed E-state index contributed by atoms with van der Waals surface area (Å²) in [5.41, 5.74) is 2.87. The summed E-state index contributed by atoms with van der Waals surface area (Å²) in [7, 11) is 1.72. The molecule has 1 aromatic heterocycles. The van der Waals surface area contributed by atoms with Crippen LogP contribution in [0, 0.1) is 5.82 Å². The molecule has 0 atom stereocenters. The Balaban J connectivity index is 1.96. The molecular weight excluding hydrogens is 363 g/mol. The van der Waals surface area contributed by atoms with E-state index in [9.17, 15) is 9.18 Å². The fraction of sp³-hybridized carbons (Fsp3) is 0.150. The molecule has 0 saturated carbocycles. The highest BCUT2D eigenvalue weighted by atomic mass is 32.1. The van der Waals surface area contributed by atoms with Crippen LogP contribution in [0.15, 0.2) is 64.0 Å². The lowest BCUT2D eigenvalue weighted by Gasteiger charge is -2.08. The molecule has 2 aromatic carbocycles. The molecule has 0 fully saturated rings. The first-order valence-corrected chi connectivity index (χ1v) is 9.42. The minimum absolute atomic E-state index is 0.197. The highest BCUT2D eigenvalue weighted by Crippen LogP contribution is 2.29. The average molecular weight is 380 g/mol. The van der Waals surface area contributed by atoms with Gasteiger partial charge >= 0.3 is 0 Å². The lowest BCUT2D eigenvalue weighted by Crippen LogP contribution is -2.27. The molecule has 27 heavy (non-hydrogen) atoms. The molecule has 1 aliphatic rings. The minimum Gasteiger partial charge on any atom is -0.309 e. The van der Waals surface area contributed by atoms with Crippen molar-refractivity contribution in [2.24, 2.45) is 10.1 Å². The lowest BCUT2D eigenvalue weighted by molar-refractivity contribution is -0.112. The SMILES string of the molecule is CCN=c1scc(-c2ccccc2F)n1N=C1C(=O)N(C)c2ccccc21. The zero-order valence-electron chi connectivity index (χ0n) is 14.9. The molecule has 7 heteroatoms. The van der Waals surface area contributed by atoms with Gasteiger partial charge in [-0.05, 0) is 25.1 Å². The third-order valence-corrected chi connectivity index (χ3v) is 5.21. The van der Waals surface area contributed by atoms with Crippen LogP contribution in [0.1, 0.15) is 12.5 Å². The second kappa shape index (κ2) is 6.92. The van der Waals surface area contributed by atoms with E-state index in [1.807, 2.05) is 36.6 Å². The average Bonchev–Trinajstić information content (AvgIpc) is 3.18. The van der Waals surface area contributed by atoms with Gasteiger partial charge in [0.1, 0.15) is 5.82 Å². The van der Waals surface area contributed by atoms with Crippen molar-refractivity contribution in [3.63, 3.8) is 0 Å². The molecule has 1 aliphatic heterocycles. The van der Waals surface area contributed by atoms with Crippen LogP contribution in [0.25, 0.3) is 11.3 Å². The number of hydrogen-bond acceptors (Lipinski definition) is 4. The van der Waals surface area contributed by atoms with E-state index >= 15 is 0 Å². The predicted molar refractivity (Wildman–Crippen MR) is 106 cm³/mol. The molecule has 3 aromatic rings. The molecule has 136 valence electrons. The van der Waals surface area contributed by atoms with E-state index in [0.717, 1.165) is 11.3 Å². The zero-order chi connectivity index (χ0) is 19.0. The summed E-state index contributed by atoms with van der Waals surface area (Å²) >= 11 is 1.37. The molecule has 0 radical (unpaired) electrons. The van der Waals surface area contributed by atoms with Crippen molar-refractivity contribution >= 4 is 28.6 Å². The quantitative estimate of drug-likeness (QED) is 0.686. The first kappa shape index (κ1) is 17.4. The second-order valence-corrected chi connectivity index (χ2v) is 6.84. The van der Waals surface area contributed by atoms with Crippen LogP contribution in [0.2, 0.25) is 0 Å². The Kier molecular flexibility index (Phi) is 4.45. The summed E-state index contributed by atoms with van der Waals surface area (Å²) in [5, 5.41) is 6.43. The van der Waals surface area contributed by atoms with Crippen molar-refractivity contribution in [1.82, 2.24) is 4.68 Å². The number of hydrogen-bond donors (Lipinski definition) is 0. The van der Waals surface area contributed by atoms with E-state index < -0.39 is 0 Å². The smallest absolute Gasteiger partial charge is 0.279 e. The Morgan fingerprint density at radius 1 is 1.07 bits per heavy atom. The number of rotatable bonds is 3. The number of thiazole rings is 1. The van der Waals surface area contributed by atoms with Gasteiger partial charge in [-0.15, -0.1) is 11.3 Å². The number of halogens is 1. The number of amides is 1. The molecule has 5 nitrogen and oxygen atoms in total. The largest absolute Gasteiger partial charge is 0.309 e. The molecule has 0 N–H and O–H groups in total. The van der Waals surface area contributed by atoms with Gasteiger partial charge in [-0.1, -0.05) is 30.3 Å². The van der Waals surface area contributed by atoms with Gasteiger partial charge < -0.3 is 4.90 Å². The van der Waals surface area contributed by atoms with E-state index in [4.69, 9.17) is 0 Å². The first-order valence-electron chi connectivity index (χ1n) is 8.54. The number of carbonyl (C=O) groups excluding carboxylic acids is 1. The summed E-state index contributed by atoms with van der Waals surface area (Å²) in [6, 6.07) is 14.0. The summed E-state index contributed by atoms with van der Waals surface area (Å²) in [6.07, 6.45) is 0. The van der Waals surface area contributed by atoms with E-state index in [1.54, 1.807) is 34.8 Å². The maximum absolute atomic E-state index is 14.4. The normalized spacial score (nSPS) is 15.7. The third-order valence-electron chi connectivity index (χ3n) is 4.36. The van der Waals surface area contributed by atoms with Crippen LogP contribution in [-0.2, 0) is 4.79 Å². The molecule has 0 saturated heterocycles. The van der Waals surface area contributed by atoms with Crippen LogP contribution >= 0.6 is 11.3 Å². The van der Waals surface area contributed by atoms with E-state index in [2.05, 4.69) is 10.1 Å². The van der Waals surface area contributed by atoms with Crippen LogP contribution < -0.4 is 9.70 Å². The van der Waals surface area contributed by atoms with Gasteiger partial charge in [-0.3, -0.25) is 9.79 Å². The van der Waals surface area contributed by atoms with E-state index in [0.29, 0.717) is 28.3 Å². The highest BCUT2D eigenvalue weighted by Gasteiger charge is 2.31. The Bertz CT molecular complexity index is 1130. The number of para-hydroxylation sites is 1. The van der Waals surface area contributed by atoms with Gasteiger partial charge in [0.15, 0.2) is 5.71 Å². The molecular formula is C20H17FN4OS. The number of likely N-dealkylation sites (N-methyl/N-ethyl adjacent to an activating group) is 1. The molecule has 0 unspecified atom stereocenters. The number of anilines is 1. The zero-order valence-corrected chi connectivity index (χ0v) is 15.7. The molecule has 0 bridgehead atoms. The van der Waals surface area contributed by atoms with Gasteiger partial charge in [-0.25, -0.2) is 9.07 Å². The molecule has 0 aliphatic carbocycles. The highest BCUT2D eigenvalue weighted by molar-refractivity contribution is 7.07. The second-order valence-electron chi connectivity index (χ2n) is 6.00. The maximum atomic E-state index is 14.4. The first-order chi connectivity index (χ1) is 13.1. The number of aromatic nitrogens is 1. The van der Waals surface area contributed by atoms with Gasteiger partial charge in [-0.2, -0.15) is 5.10 Å². The predicted octanol–water partition coefficient (Wildman–Crippen LogP) is 3.51. The van der Waals surface area contributed by atoms with Gasteiger partial charge in [0, 0.05) is 30.1 Å². The standard InChI is InChI=1S/C20H17FN4OS/c1-3-22-20-25(17(12-27-20)13-8-4-6-10-15(13)21)23-18-14-9-5-7-11-16(14)24(2)19(18)26/h4-12H,3H2,1-2H3. The van der Waals surface area contributed by atoms with Crippen molar-refractivity contribution in [3.8, 4) is 11.3 Å². The van der Waals surface area contributed by atoms with Crippen molar-refractivity contribution < 1.29 is 9.18 Å². The summed E-state index contributed by atoms with van der Waals surface area (Å²) in [5.74, 6) is -0.542. The van der Waals surface area contributed by atoms with Gasteiger partial charge in [0.2, 0.25) is 4.80 Å². The monoisotopic (exact) mass is 380 g/mol. The molecule has 0 spiro atoms. The van der Waals surface area contributed by atoms with Crippen LogP contribution in [0.5, 0.6) is 0 Å². The van der Waals surface area contributed by atoms with Crippen LogP contribution in [0.4, 0.5) is 10.1 Å². The Morgan fingerprint density at radius 2 is 1.78 bits per heavy atom. The van der Waals surface area contributed by atoms with E-state index in [1.165, 1.54) is 17.4 Å². The summed E-state index contributed by atoms with van der Waals surface area (Å²) in [4.78, 5) is 19.4. The Labute approximate surface area is 159 Å². The van der Waals surface area contributed by atoms with Crippen molar-refractivity contribution in [2.75, 3.05) is 18.5 Å². The molecule has 4 rings (SSSR count). The number of nitrogens with zero attached hydrogens (tertiary/aromatic N) is 4. The third kappa shape index (κ3) is 2.90. The van der Waals surface area contributed by atoms with Gasteiger partial charge in [0.25, 0.3) is 5.91 Å². The van der Waals surface area contributed by atoms with Crippen molar-refractivity contribution in [3.05, 3.63) is 70.1 Å². The maximum Gasteiger partial charge on any atom is 0.279 e. The molecule has 2 heterocycles.